The highest BCUT2D eigenvalue weighted by Crippen LogP contribution is 2.20. The minimum absolute atomic E-state index is 0.0216. The summed E-state index contributed by atoms with van der Waals surface area (Å²) in [5.74, 6) is -0.462. The molecular weight excluding hydrogens is 354 g/mol. The van der Waals surface area contributed by atoms with Crippen LogP contribution in [0.25, 0.3) is 0 Å². The molecule has 2 aromatic carbocycles. The van der Waals surface area contributed by atoms with Gasteiger partial charge in [0.1, 0.15) is 0 Å². The minimum Gasteiger partial charge on any atom is -0.359 e. The molecule has 0 aromatic heterocycles. The van der Waals surface area contributed by atoms with Crippen LogP contribution in [0.2, 0.25) is 0 Å². The number of hydrogen-bond donors (Lipinski definition) is 2. The lowest BCUT2D eigenvalue weighted by Gasteiger charge is -2.31. The van der Waals surface area contributed by atoms with Gasteiger partial charge in [-0.05, 0) is 56.2 Å². The largest absolute Gasteiger partial charge is 0.359 e. The maximum atomic E-state index is 12.7. The second-order valence-corrected chi connectivity index (χ2v) is 7.10. The molecule has 6 nitrogen and oxygen atoms in total. The van der Waals surface area contributed by atoms with E-state index in [2.05, 4.69) is 10.6 Å². The van der Waals surface area contributed by atoms with Crippen molar-refractivity contribution in [3.8, 4) is 0 Å². The van der Waals surface area contributed by atoms with E-state index in [9.17, 15) is 14.4 Å². The number of amides is 3. The predicted molar refractivity (Wildman–Crippen MR) is 108 cm³/mol. The highest BCUT2D eigenvalue weighted by Gasteiger charge is 2.28. The number of likely N-dealkylation sites (tertiary alicyclic amines) is 1. The Labute approximate surface area is 164 Å². The number of rotatable bonds is 4. The number of aryl methyl sites for hydroxylation is 1. The molecule has 0 saturated carbocycles. The van der Waals surface area contributed by atoms with E-state index in [1.807, 2.05) is 19.1 Å². The summed E-state index contributed by atoms with van der Waals surface area (Å²) in [7, 11) is 1.62. The number of carbonyl (C=O) groups excluding carboxylic acids is 3. The Bertz CT molecular complexity index is 860. The third kappa shape index (κ3) is 4.57. The van der Waals surface area contributed by atoms with E-state index in [1.165, 1.54) is 0 Å². The lowest BCUT2D eigenvalue weighted by molar-refractivity contribution is -0.125. The summed E-state index contributed by atoms with van der Waals surface area (Å²) in [5.41, 5.74) is 2.85. The van der Waals surface area contributed by atoms with Crippen molar-refractivity contribution >= 4 is 23.4 Å². The maximum Gasteiger partial charge on any atom is 0.255 e. The summed E-state index contributed by atoms with van der Waals surface area (Å²) in [4.78, 5) is 38.6. The number of hydrogen-bond acceptors (Lipinski definition) is 3. The van der Waals surface area contributed by atoms with E-state index >= 15 is 0 Å². The number of benzene rings is 2. The quantitative estimate of drug-likeness (QED) is 0.857. The molecule has 146 valence electrons. The van der Waals surface area contributed by atoms with Crippen molar-refractivity contribution < 1.29 is 14.4 Å². The lowest BCUT2D eigenvalue weighted by atomic mass is 9.96. The van der Waals surface area contributed by atoms with Crippen LogP contribution in [0.1, 0.15) is 39.1 Å². The molecule has 28 heavy (non-hydrogen) atoms. The topological polar surface area (TPSA) is 78.5 Å². The van der Waals surface area contributed by atoms with Crippen LogP contribution < -0.4 is 10.6 Å². The van der Waals surface area contributed by atoms with Crippen LogP contribution in [-0.2, 0) is 4.79 Å². The van der Waals surface area contributed by atoms with Gasteiger partial charge < -0.3 is 15.5 Å². The maximum absolute atomic E-state index is 12.7. The molecule has 0 bridgehead atoms. The van der Waals surface area contributed by atoms with Crippen molar-refractivity contribution in [2.24, 2.45) is 5.92 Å². The third-order valence-electron chi connectivity index (χ3n) is 5.03. The van der Waals surface area contributed by atoms with Crippen LogP contribution in [0.5, 0.6) is 0 Å². The molecule has 2 N–H and O–H groups in total. The van der Waals surface area contributed by atoms with Crippen molar-refractivity contribution in [3.63, 3.8) is 0 Å². The monoisotopic (exact) mass is 379 g/mol. The molecule has 0 unspecified atom stereocenters. The fourth-order valence-electron chi connectivity index (χ4n) is 3.37. The van der Waals surface area contributed by atoms with Gasteiger partial charge in [0, 0.05) is 37.0 Å². The fraction of sp³-hybridized carbons (Fsp3) is 0.318. The summed E-state index contributed by atoms with van der Waals surface area (Å²) in [6, 6.07) is 14.2. The zero-order valence-electron chi connectivity index (χ0n) is 16.2. The number of anilines is 1. The Morgan fingerprint density at radius 1 is 0.964 bits per heavy atom. The lowest BCUT2D eigenvalue weighted by Crippen LogP contribution is -2.44. The van der Waals surface area contributed by atoms with Gasteiger partial charge in [0.2, 0.25) is 5.91 Å². The molecule has 0 spiro atoms. The molecule has 1 saturated heterocycles. The first-order valence-electron chi connectivity index (χ1n) is 9.47. The normalized spacial score (nSPS) is 16.4. The molecule has 2 aromatic rings. The van der Waals surface area contributed by atoms with Crippen LogP contribution in [0.4, 0.5) is 5.69 Å². The van der Waals surface area contributed by atoms with Gasteiger partial charge in [-0.15, -0.1) is 0 Å². The van der Waals surface area contributed by atoms with E-state index < -0.39 is 0 Å². The van der Waals surface area contributed by atoms with Crippen LogP contribution in [0.3, 0.4) is 0 Å². The number of piperidine rings is 1. The van der Waals surface area contributed by atoms with E-state index in [0.29, 0.717) is 29.9 Å². The van der Waals surface area contributed by atoms with Crippen LogP contribution in [0.15, 0.2) is 48.5 Å². The van der Waals surface area contributed by atoms with Gasteiger partial charge >= 0.3 is 0 Å². The number of carbonyl (C=O) groups is 3. The van der Waals surface area contributed by atoms with E-state index in [-0.39, 0.29) is 23.6 Å². The molecule has 6 heteroatoms. The van der Waals surface area contributed by atoms with Gasteiger partial charge in [-0.3, -0.25) is 14.4 Å². The molecule has 0 radical (unpaired) electrons. The van der Waals surface area contributed by atoms with E-state index in [1.54, 1.807) is 48.3 Å². The Morgan fingerprint density at radius 3 is 2.25 bits per heavy atom. The smallest absolute Gasteiger partial charge is 0.255 e. The number of nitrogens with zero attached hydrogens (tertiary/aromatic N) is 1. The molecule has 1 aliphatic rings. The molecule has 1 aliphatic heterocycles. The van der Waals surface area contributed by atoms with Crippen molar-refractivity contribution in [3.05, 3.63) is 65.2 Å². The van der Waals surface area contributed by atoms with Crippen molar-refractivity contribution in [1.82, 2.24) is 10.2 Å². The molecule has 1 heterocycles. The first-order chi connectivity index (χ1) is 13.5. The summed E-state index contributed by atoms with van der Waals surface area (Å²) >= 11 is 0. The average molecular weight is 379 g/mol. The van der Waals surface area contributed by atoms with Crippen molar-refractivity contribution in [2.75, 3.05) is 25.5 Å². The minimum atomic E-state index is -0.191. The second-order valence-electron chi connectivity index (χ2n) is 7.10. The van der Waals surface area contributed by atoms with Gasteiger partial charge in [0.15, 0.2) is 0 Å². The van der Waals surface area contributed by atoms with Crippen molar-refractivity contribution in [1.29, 1.82) is 0 Å². The first-order valence-corrected chi connectivity index (χ1v) is 9.47. The van der Waals surface area contributed by atoms with Gasteiger partial charge in [-0.2, -0.15) is 0 Å². The average Bonchev–Trinajstić information content (AvgIpc) is 2.73. The van der Waals surface area contributed by atoms with Gasteiger partial charge in [-0.25, -0.2) is 0 Å². The molecule has 0 aliphatic carbocycles. The summed E-state index contributed by atoms with van der Waals surface area (Å²) in [6.45, 7) is 3.05. The Balaban J connectivity index is 1.63. The Morgan fingerprint density at radius 2 is 1.61 bits per heavy atom. The van der Waals surface area contributed by atoms with E-state index in [0.717, 1.165) is 18.4 Å². The first kappa shape index (κ1) is 19.6. The standard InChI is InChI=1S/C22H25N3O3/c1-15-5-7-16(8-6-15)21(27)24-19-11-9-17(10-12-19)22(28)25-13-3-4-18(14-25)20(26)23-2/h5-12,18H,3-4,13-14H2,1-2H3,(H,23,26)(H,24,27)/t18-/m1/s1. The fourth-order valence-corrected chi connectivity index (χ4v) is 3.37. The molecule has 3 amide bonds. The van der Waals surface area contributed by atoms with Gasteiger partial charge in [0.05, 0.1) is 5.92 Å². The SMILES string of the molecule is CNC(=O)[C@@H]1CCCN(C(=O)c2ccc(NC(=O)c3ccc(C)cc3)cc2)C1. The van der Waals surface area contributed by atoms with Gasteiger partial charge in [0.25, 0.3) is 11.8 Å². The number of nitrogens with one attached hydrogen (secondary N) is 2. The highest BCUT2D eigenvalue weighted by molar-refractivity contribution is 6.04. The highest BCUT2D eigenvalue weighted by atomic mass is 16.2. The summed E-state index contributed by atoms with van der Waals surface area (Å²) < 4.78 is 0. The summed E-state index contributed by atoms with van der Waals surface area (Å²) in [6.07, 6.45) is 1.61. The van der Waals surface area contributed by atoms with Crippen molar-refractivity contribution in [2.45, 2.75) is 19.8 Å². The zero-order chi connectivity index (χ0) is 20.1. The Hall–Kier alpha value is -3.15. The molecule has 1 fully saturated rings. The predicted octanol–water partition coefficient (Wildman–Crippen LogP) is 2.85. The van der Waals surface area contributed by atoms with E-state index in [4.69, 9.17) is 0 Å². The third-order valence-corrected chi connectivity index (χ3v) is 5.03. The van der Waals surface area contributed by atoms with Crippen LogP contribution >= 0.6 is 0 Å². The molecule has 1 atom stereocenters. The summed E-state index contributed by atoms with van der Waals surface area (Å²) in [5, 5.41) is 5.50. The second kappa shape index (κ2) is 8.69. The van der Waals surface area contributed by atoms with Crippen LogP contribution in [-0.4, -0.2) is 42.8 Å². The van der Waals surface area contributed by atoms with Gasteiger partial charge in [-0.1, -0.05) is 17.7 Å². The van der Waals surface area contributed by atoms with Crippen LogP contribution in [0, 0.1) is 12.8 Å². The molecule has 3 rings (SSSR count). The Kier molecular flexibility index (Phi) is 6.09. The molecular formula is C22H25N3O3. The zero-order valence-corrected chi connectivity index (χ0v) is 16.2.